The molecule has 6 nitrogen and oxygen atoms in total. The van der Waals surface area contributed by atoms with Gasteiger partial charge in [0.05, 0.1) is 0 Å². The van der Waals surface area contributed by atoms with Crippen LogP contribution in [0, 0.1) is 0 Å². The van der Waals surface area contributed by atoms with E-state index in [1.54, 1.807) is 0 Å². The van der Waals surface area contributed by atoms with Crippen molar-refractivity contribution >= 4 is 16.0 Å². The third kappa shape index (κ3) is 2.08. The summed E-state index contributed by atoms with van der Waals surface area (Å²) in [6.07, 6.45) is -0.172. The fourth-order valence-corrected chi connectivity index (χ4v) is 2.28. The van der Waals surface area contributed by atoms with Crippen molar-refractivity contribution in [2.45, 2.75) is 17.7 Å². The number of carbonyl (C=O) groups is 1. The third-order valence-corrected chi connectivity index (χ3v) is 3.76. The van der Waals surface area contributed by atoms with Crippen molar-refractivity contribution in [1.82, 2.24) is 4.31 Å². The summed E-state index contributed by atoms with van der Waals surface area (Å²) >= 11 is 0. The molecule has 1 saturated heterocycles. The van der Waals surface area contributed by atoms with Crippen molar-refractivity contribution in [3.8, 4) is 0 Å². The molecule has 3 N–H and O–H groups in total. The van der Waals surface area contributed by atoms with Gasteiger partial charge in [-0.3, -0.25) is 4.79 Å². The molecule has 1 heterocycles. The molecule has 1 rings (SSSR count). The number of carboxylic acids is 1. The number of halogens is 2. The highest BCUT2D eigenvalue weighted by molar-refractivity contribution is 7.89. The first-order valence-corrected chi connectivity index (χ1v) is 5.50. The first kappa shape index (κ1) is 12.3. The molecule has 1 fully saturated rings. The molecule has 1 unspecified atom stereocenters. The Hall–Kier alpha value is -0.800. The Labute approximate surface area is 84.7 Å². The predicted molar refractivity (Wildman–Crippen MR) is 45.7 cm³/mol. The van der Waals surface area contributed by atoms with Crippen LogP contribution >= 0.6 is 0 Å². The summed E-state index contributed by atoms with van der Waals surface area (Å²) in [5, 5.41) is 8.66. The minimum Gasteiger partial charge on any atom is -0.480 e. The summed E-state index contributed by atoms with van der Waals surface area (Å²) in [6.45, 7) is -0.912. The highest BCUT2D eigenvalue weighted by Gasteiger charge is 2.47. The van der Waals surface area contributed by atoms with E-state index in [9.17, 15) is 22.0 Å². The van der Waals surface area contributed by atoms with E-state index in [0.717, 1.165) is 0 Å². The van der Waals surface area contributed by atoms with Crippen LogP contribution in [0.25, 0.3) is 0 Å². The molecule has 0 amide bonds. The Kier molecular flexibility index (Phi) is 2.99. The average Bonchev–Trinajstić information content (AvgIpc) is 2.49. The number of sulfonamides is 1. The molecular weight excluding hydrogens is 234 g/mol. The van der Waals surface area contributed by atoms with Crippen LogP contribution in [0.4, 0.5) is 8.78 Å². The summed E-state index contributed by atoms with van der Waals surface area (Å²) < 4.78 is 46.5. The van der Waals surface area contributed by atoms with E-state index in [2.05, 4.69) is 0 Å². The number of carboxylic acid groups (broad SMARTS) is 1. The monoisotopic (exact) mass is 244 g/mol. The third-order valence-electron chi connectivity index (χ3n) is 2.28. The van der Waals surface area contributed by atoms with Crippen molar-refractivity contribution in [2.75, 3.05) is 13.1 Å². The number of aliphatic carboxylic acids is 1. The van der Waals surface area contributed by atoms with Crippen LogP contribution in [0.1, 0.15) is 6.42 Å². The normalized spacial score (nSPS) is 28.5. The van der Waals surface area contributed by atoms with Gasteiger partial charge in [-0.1, -0.05) is 0 Å². The minimum atomic E-state index is -4.72. The zero-order chi connectivity index (χ0) is 11.9. The molecule has 0 aliphatic carbocycles. The van der Waals surface area contributed by atoms with Gasteiger partial charge in [-0.05, 0) is 6.42 Å². The van der Waals surface area contributed by atoms with Crippen molar-refractivity contribution in [3.63, 3.8) is 0 Å². The molecule has 0 saturated carbocycles. The van der Waals surface area contributed by atoms with Crippen LogP contribution in [-0.2, 0) is 14.8 Å². The zero-order valence-electron chi connectivity index (χ0n) is 7.56. The lowest BCUT2D eigenvalue weighted by atomic mass is 10.0. The van der Waals surface area contributed by atoms with Crippen molar-refractivity contribution < 1.29 is 27.1 Å². The van der Waals surface area contributed by atoms with Crippen LogP contribution in [-0.4, -0.2) is 48.2 Å². The summed E-state index contributed by atoms with van der Waals surface area (Å²) in [5.41, 5.74) is 3.58. The van der Waals surface area contributed by atoms with Gasteiger partial charge < -0.3 is 10.8 Å². The van der Waals surface area contributed by atoms with E-state index < -0.39 is 33.8 Å². The van der Waals surface area contributed by atoms with Crippen LogP contribution in [0.2, 0.25) is 0 Å². The first-order chi connectivity index (χ1) is 6.70. The van der Waals surface area contributed by atoms with Gasteiger partial charge in [0.15, 0.2) is 0 Å². The molecule has 1 atom stereocenters. The van der Waals surface area contributed by atoms with Gasteiger partial charge in [0.1, 0.15) is 5.54 Å². The second kappa shape index (κ2) is 3.65. The second-order valence-electron chi connectivity index (χ2n) is 3.35. The molecule has 0 aromatic carbocycles. The van der Waals surface area contributed by atoms with Gasteiger partial charge in [-0.25, -0.2) is 8.42 Å². The van der Waals surface area contributed by atoms with E-state index in [1.165, 1.54) is 0 Å². The van der Waals surface area contributed by atoms with Gasteiger partial charge >= 0.3 is 11.7 Å². The van der Waals surface area contributed by atoms with E-state index in [4.69, 9.17) is 10.8 Å². The molecule has 0 radical (unpaired) electrons. The number of rotatable bonds is 3. The van der Waals surface area contributed by atoms with Gasteiger partial charge in [0.2, 0.25) is 0 Å². The summed E-state index contributed by atoms with van der Waals surface area (Å²) in [7, 11) is -4.72. The molecule has 0 spiro atoms. The number of hydrogen-bond donors (Lipinski definition) is 2. The van der Waals surface area contributed by atoms with Crippen molar-refractivity contribution in [1.29, 1.82) is 0 Å². The lowest BCUT2D eigenvalue weighted by molar-refractivity contribution is -0.142. The molecule has 0 bridgehead atoms. The molecule has 1 aliphatic heterocycles. The Bertz CT molecular complexity index is 371. The average molecular weight is 244 g/mol. The van der Waals surface area contributed by atoms with Gasteiger partial charge in [0, 0.05) is 13.1 Å². The van der Waals surface area contributed by atoms with Crippen LogP contribution in [0.3, 0.4) is 0 Å². The summed E-state index contributed by atoms with van der Waals surface area (Å²) in [6, 6.07) is 0. The Morgan fingerprint density at radius 1 is 1.53 bits per heavy atom. The Balaban J connectivity index is 2.86. The van der Waals surface area contributed by atoms with Crippen molar-refractivity contribution in [2.24, 2.45) is 5.73 Å². The Morgan fingerprint density at radius 3 is 2.40 bits per heavy atom. The van der Waals surface area contributed by atoms with E-state index in [0.29, 0.717) is 4.31 Å². The van der Waals surface area contributed by atoms with Crippen LogP contribution in [0.15, 0.2) is 0 Å². The number of nitrogens with two attached hydrogens (primary N) is 1. The lowest BCUT2D eigenvalue weighted by Crippen LogP contribution is -2.51. The molecule has 0 aromatic heterocycles. The lowest BCUT2D eigenvalue weighted by Gasteiger charge is -2.19. The largest absolute Gasteiger partial charge is 0.480 e. The van der Waals surface area contributed by atoms with Crippen molar-refractivity contribution in [3.05, 3.63) is 0 Å². The number of alkyl halides is 2. The highest BCUT2D eigenvalue weighted by Crippen LogP contribution is 2.24. The fourth-order valence-electron chi connectivity index (χ4n) is 1.30. The van der Waals surface area contributed by atoms with E-state index in [-0.39, 0.29) is 13.0 Å². The molecule has 15 heavy (non-hydrogen) atoms. The topological polar surface area (TPSA) is 101 Å². The first-order valence-electron chi connectivity index (χ1n) is 3.99. The maximum Gasteiger partial charge on any atom is 0.350 e. The minimum absolute atomic E-state index is 0.172. The summed E-state index contributed by atoms with van der Waals surface area (Å²) in [4.78, 5) is 10.6. The van der Waals surface area contributed by atoms with Gasteiger partial charge in [-0.15, -0.1) is 0 Å². The van der Waals surface area contributed by atoms with E-state index in [1.807, 2.05) is 0 Å². The van der Waals surface area contributed by atoms with Crippen LogP contribution < -0.4 is 5.73 Å². The SMILES string of the molecule is NC1(C(=O)O)CCN(S(=O)(=O)C(F)F)C1. The summed E-state index contributed by atoms with van der Waals surface area (Å²) in [5.74, 6) is -4.94. The molecule has 88 valence electrons. The number of hydrogen-bond acceptors (Lipinski definition) is 4. The maximum atomic E-state index is 12.1. The van der Waals surface area contributed by atoms with Gasteiger partial charge in [-0.2, -0.15) is 13.1 Å². The fraction of sp³-hybridized carbons (Fsp3) is 0.833. The molecular formula is C6H10F2N2O4S. The Morgan fingerprint density at radius 2 is 2.07 bits per heavy atom. The van der Waals surface area contributed by atoms with Gasteiger partial charge in [0.25, 0.3) is 10.0 Å². The molecule has 0 aromatic rings. The van der Waals surface area contributed by atoms with Crippen LogP contribution in [0.5, 0.6) is 0 Å². The quantitative estimate of drug-likeness (QED) is 0.665. The molecule has 9 heteroatoms. The maximum absolute atomic E-state index is 12.1. The number of nitrogens with zero attached hydrogens (tertiary/aromatic N) is 1. The van der Waals surface area contributed by atoms with E-state index >= 15 is 0 Å². The predicted octanol–water partition coefficient (Wildman–Crippen LogP) is -0.973. The molecule has 1 aliphatic rings. The highest BCUT2D eigenvalue weighted by atomic mass is 32.2. The zero-order valence-corrected chi connectivity index (χ0v) is 8.38. The second-order valence-corrected chi connectivity index (χ2v) is 5.25. The standard InChI is InChI=1S/C6H10F2N2O4S/c7-5(8)15(13,14)10-2-1-6(9,3-10)4(11)12/h5H,1-3,9H2,(H,11,12). The smallest absolute Gasteiger partial charge is 0.350 e.